The van der Waals surface area contributed by atoms with Crippen LogP contribution in [0.15, 0.2) is 42.9 Å². The third kappa shape index (κ3) is 3.97. The Morgan fingerprint density at radius 2 is 1.96 bits per heavy atom. The molecule has 6 nitrogen and oxygen atoms in total. The minimum Gasteiger partial charge on any atom is -0.361 e. The Bertz CT molecular complexity index is 947. The lowest BCUT2D eigenvalue weighted by molar-refractivity contribution is -0.132. The van der Waals surface area contributed by atoms with E-state index in [1.807, 2.05) is 30.3 Å². The van der Waals surface area contributed by atoms with E-state index in [0.29, 0.717) is 23.4 Å². The highest BCUT2D eigenvalue weighted by atomic mass is 35.5. The standard InChI is InChI=1S/C21H24ClN5O/c1-26(21-24-13-16(22)14-25-21)17-8-10-27(11-9-17)20(28)7-6-15-12-23-19-5-3-2-4-18(15)19/h2-5,12-14,17,23H,6-11H2,1H3. The first-order valence-corrected chi connectivity index (χ1v) is 10.0. The molecule has 1 aliphatic heterocycles. The summed E-state index contributed by atoms with van der Waals surface area (Å²) >= 11 is 5.87. The molecule has 0 spiro atoms. The van der Waals surface area contributed by atoms with Gasteiger partial charge in [0.15, 0.2) is 0 Å². The number of aryl methyl sites for hydroxylation is 1. The van der Waals surface area contributed by atoms with Crippen LogP contribution in [0.1, 0.15) is 24.8 Å². The first-order chi connectivity index (χ1) is 13.6. The van der Waals surface area contributed by atoms with Gasteiger partial charge in [0.1, 0.15) is 0 Å². The van der Waals surface area contributed by atoms with Crippen molar-refractivity contribution in [3.8, 4) is 0 Å². The molecule has 0 atom stereocenters. The number of carbonyl (C=O) groups excluding carboxylic acids is 1. The summed E-state index contributed by atoms with van der Waals surface area (Å²) in [5, 5.41) is 1.74. The van der Waals surface area contributed by atoms with Gasteiger partial charge < -0.3 is 14.8 Å². The van der Waals surface area contributed by atoms with Gasteiger partial charge in [0.2, 0.25) is 11.9 Å². The molecule has 0 saturated carbocycles. The fourth-order valence-electron chi connectivity index (χ4n) is 3.89. The van der Waals surface area contributed by atoms with E-state index >= 15 is 0 Å². The maximum absolute atomic E-state index is 12.7. The van der Waals surface area contributed by atoms with Crippen molar-refractivity contribution in [2.24, 2.45) is 0 Å². The van der Waals surface area contributed by atoms with Crippen molar-refractivity contribution in [2.75, 3.05) is 25.0 Å². The summed E-state index contributed by atoms with van der Waals surface area (Å²) in [5.74, 6) is 0.905. The molecule has 1 N–H and O–H groups in total. The van der Waals surface area contributed by atoms with Crippen molar-refractivity contribution in [3.63, 3.8) is 0 Å². The van der Waals surface area contributed by atoms with Crippen LogP contribution in [0.4, 0.5) is 5.95 Å². The number of carbonyl (C=O) groups is 1. The van der Waals surface area contributed by atoms with Crippen molar-refractivity contribution in [1.29, 1.82) is 0 Å². The average Bonchev–Trinajstić information content (AvgIpc) is 3.15. The molecule has 1 aliphatic rings. The smallest absolute Gasteiger partial charge is 0.225 e. The highest BCUT2D eigenvalue weighted by Crippen LogP contribution is 2.22. The zero-order chi connectivity index (χ0) is 19.5. The maximum atomic E-state index is 12.7. The van der Waals surface area contributed by atoms with E-state index in [2.05, 4.69) is 32.0 Å². The number of fused-ring (bicyclic) bond motifs is 1. The van der Waals surface area contributed by atoms with Gasteiger partial charge in [-0.15, -0.1) is 0 Å². The van der Waals surface area contributed by atoms with E-state index in [-0.39, 0.29) is 5.91 Å². The molecule has 1 fully saturated rings. The van der Waals surface area contributed by atoms with E-state index in [9.17, 15) is 4.79 Å². The lowest BCUT2D eigenvalue weighted by atomic mass is 10.0. The highest BCUT2D eigenvalue weighted by molar-refractivity contribution is 6.30. The molecule has 0 unspecified atom stereocenters. The fourth-order valence-corrected chi connectivity index (χ4v) is 3.99. The Labute approximate surface area is 169 Å². The summed E-state index contributed by atoms with van der Waals surface area (Å²) < 4.78 is 0. The minimum absolute atomic E-state index is 0.231. The Kier molecular flexibility index (Phi) is 5.48. The molecule has 2 aromatic heterocycles. The number of amides is 1. The molecular weight excluding hydrogens is 374 g/mol. The Balaban J connectivity index is 1.29. The van der Waals surface area contributed by atoms with Crippen molar-refractivity contribution in [2.45, 2.75) is 31.7 Å². The molecule has 4 rings (SSSR count). The molecule has 3 aromatic rings. The monoisotopic (exact) mass is 397 g/mol. The summed E-state index contributed by atoms with van der Waals surface area (Å²) in [5.41, 5.74) is 2.33. The number of aromatic amines is 1. The van der Waals surface area contributed by atoms with Gasteiger partial charge in [-0.2, -0.15) is 0 Å². The quantitative estimate of drug-likeness (QED) is 0.713. The number of benzene rings is 1. The number of likely N-dealkylation sites (tertiary alicyclic amines) is 1. The molecule has 1 amide bonds. The lowest BCUT2D eigenvalue weighted by Crippen LogP contribution is -2.46. The number of halogens is 1. The van der Waals surface area contributed by atoms with Crippen molar-refractivity contribution >= 4 is 34.4 Å². The number of anilines is 1. The first kappa shape index (κ1) is 18.7. The number of piperidine rings is 1. The van der Waals surface area contributed by atoms with E-state index in [1.165, 1.54) is 10.9 Å². The number of nitrogens with one attached hydrogen (secondary N) is 1. The molecule has 1 saturated heterocycles. The van der Waals surface area contributed by atoms with Crippen LogP contribution in [0.2, 0.25) is 5.02 Å². The molecule has 1 aromatic carbocycles. The van der Waals surface area contributed by atoms with Crippen LogP contribution in [0.25, 0.3) is 10.9 Å². The van der Waals surface area contributed by atoms with Crippen molar-refractivity contribution < 1.29 is 4.79 Å². The molecule has 0 bridgehead atoms. The number of hydrogen-bond acceptors (Lipinski definition) is 4. The van der Waals surface area contributed by atoms with Gasteiger partial charge in [-0.05, 0) is 30.9 Å². The zero-order valence-corrected chi connectivity index (χ0v) is 16.7. The third-order valence-electron chi connectivity index (χ3n) is 5.57. The highest BCUT2D eigenvalue weighted by Gasteiger charge is 2.26. The number of rotatable bonds is 5. The van der Waals surface area contributed by atoms with E-state index in [4.69, 9.17) is 11.6 Å². The number of H-pyrrole nitrogens is 1. The summed E-state index contributed by atoms with van der Waals surface area (Å²) in [6, 6.07) is 8.55. The first-order valence-electron chi connectivity index (χ1n) is 9.65. The summed E-state index contributed by atoms with van der Waals surface area (Å²) in [6.45, 7) is 1.55. The molecule has 3 heterocycles. The van der Waals surface area contributed by atoms with Crippen molar-refractivity contribution in [1.82, 2.24) is 19.9 Å². The fraction of sp³-hybridized carbons (Fsp3) is 0.381. The van der Waals surface area contributed by atoms with Gasteiger partial charge in [-0.1, -0.05) is 29.8 Å². The average molecular weight is 398 g/mol. The predicted molar refractivity (Wildman–Crippen MR) is 112 cm³/mol. The van der Waals surface area contributed by atoms with Gasteiger partial charge in [-0.25, -0.2) is 9.97 Å². The van der Waals surface area contributed by atoms with E-state index in [0.717, 1.165) is 37.9 Å². The summed E-state index contributed by atoms with van der Waals surface area (Å²) in [6.07, 6.45) is 8.39. The normalized spacial score (nSPS) is 15.1. The Hall–Kier alpha value is -2.60. The van der Waals surface area contributed by atoms with Gasteiger partial charge in [0.25, 0.3) is 0 Å². The number of nitrogens with zero attached hydrogens (tertiary/aromatic N) is 4. The second kappa shape index (κ2) is 8.19. The van der Waals surface area contributed by atoms with Crippen LogP contribution in [0.3, 0.4) is 0 Å². The third-order valence-corrected chi connectivity index (χ3v) is 5.77. The van der Waals surface area contributed by atoms with Crippen LogP contribution in [0.5, 0.6) is 0 Å². The van der Waals surface area contributed by atoms with Crippen LogP contribution < -0.4 is 4.90 Å². The summed E-state index contributed by atoms with van der Waals surface area (Å²) in [7, 11) is 2.00. The van der Waals surface area contributed by atoms with Gasteiger partial charge in [-0.3, -0.25) is 4.79 Å². The molecular formula is C21H24ClN5O. The Morgan fingerprint density at radius 1 is 1.25 bits per heavy atom. The van der Waals surface area contributed by atoms with Gasteiger partial charge in [0, 0.05) is 49.7 Å². The molecule has 0 radical (unpaired) electrons. The molecule has 7 heteroatoms. The van der Waals surface area contributed by atoms with Crippen LogP contribution in [-0.2, 0) is 11.2 Å². The van der Waals surface area contributed by atoms with Crippen LogP contribution in [-0.4, -0.2) is 51.9 Å². The Morgan fingerprint density at radius 3 is 2.71 bits per heavy atom. The molecule has 28 heavy (non-hydrogen) atoms. The van der Waals surface area contributed by atoms with Crippen LogP contribution >= 0.6 is 11.6 Å². The van der Waals surface area contributed by atoms with E-state index in [1.54, 1.807) is 12.4 Å². The van der Waals surface area contributed by atoms with Crippen molar-refractivity contribution in [3.05, 3.63) is 53.4 Å². The second-order valence-electron chi connectivity index (χ2n) is 7.28. The van der Waals surface area contributed by atoms with Gasteiger partial charge >= 0.3 is 0 Å². The number of aromatic nitrogens is 3. The maximum Gasteiger partial charge on any atom is 0.225 e. The lowest BCUT2D eigenvalue weighted by Gasteiger charge is -2.36. The summed E-state index contributed by atoms with van der Waals surface area (Å²) in [4.78, 5) is 28.6. The topological polar surface area (TPSA) is 65.1 Å². The number of hydrogen-bond donors (Lipinski definition) is 1. The SMILES string of the molecule is CN(c1ncc(Cl)cn1)C1CCN(C(=O)CCc2c[nH]c3ccccc23)CC1. The molecule has 146 valence electrons. The number of para-hydroxylation sites is 1. The van der Waals surface area contributed by atoms with Crippen LogP contribution in [0, 0.1) is 0 Å². The second-order valence-corrected chi connectivity index (χ2v) is 7.72. The molecule has 0 aliphatic carbocycles. The zero-order valence-electron chi connectivity index (χ0n) is 15.9. The predicted octanol–water partition coefficient (Wildman–Crippen LogP) is 3.67. The largest absolute Gasteiger partial charge is 0.361 e. The van der Waals surface area contributed by atoms with E-state index < -0.39 is 0 Å². The minimum atomic E-state index is 0.231. The van der Waals surface area contributed by atoms with Gasteiger partial charge in [0.05, 0.1) is 17.4 Å².